The fourth-order valence-electron chi connectivity index (χ4n) is 2.71. The van der Waals surface area contributed by atoms with Crippen LogP contribution in [0.1, 0.15) is 30.8 Å². The van der Waals surface area contributed by atoms with Crippen molar-refractivity contribution in [3.05, 3.63) is 24.2 Å². The van der Waals surface area contributed by atoms with Crippen molar-refractivity contribution in [3.8, 4) is 0 Å². The average Bonchev–Trinajstić information content (AvgIpc) is 3.04. The SMILES string of the molecule is CSCC[C@H](NC(=O)c1ccco1)C(=O)N1C[C@H](C)O[C@@H](C)C1. The zero-order valence-corrected chi connectivity index (χ0v) is 14.6. The van der Waals surface area contributed by atoms with Crippen molar-refractivity contribution in [3.63, 3.8) is 0 Å². The van der Waals surface area contributed by atoms with Crippen molar-refractivity contribution in [1.82, 2.24) is 10.2 Å². The summed E-state index contributed by atoms with van der Waals surface area (Å²) in [5, 5.41) is 2.80. The van der Waals surface area contributed by atoms with Gasteiger partial charge >= 0.3 is 0 Å². The minimum atomic E-state index is -0.544. The lowest BCUT2D eigenvalue weighted by Gasteiger charge is -2.37. The van der Waals surface area contributed by atoms with Gasteiger partial charge in [-0.1, -0.05) is 0 Å². The molecule has 0 aromatic carbocycles. The van der Waals surface area contributed by atoms with E-state index in [2.05, 4.69) is 5.32 Å². The molecule has 1 saturated heterocycles. The third-order valence-electron chi connectivity index (χ3n) is 3.69. The van der Waals surface area contributed by atoms with Crippen molar-refractivity contribution in [2.24, 2.45) is 0 Å². The van der Waals surface area contributed by atoms with Gasteiger partial charge in [0.2, 0.25) is 5.91 Å². The number of rotatable bonds is 6. The summed E-state index contributed by atoms with van der Waals surface area (Å²) in [6.07, 6.45) is 4.02. The molecular weight excluding hydrogens is 316 g/mol. The third-order valence-corrected chi connectivity index (χ3v) is 4.33. The van der Waals surface area contributed by atoms with Crippen LogP contribution in [0.25, 0.3) is 0 Å². The molecule has 1 N–H and O–H groups in total. The molecule has 1 aliphatic rings. The number of nitrogens with one attached hydrogen (secondary N) is 1. The lowest BCUT2D eigenvalue weighted by molar-refractivity contribution is -0.145. The van der Waals surface area contributed by atoms with Crippen LogP contribution < -0.4 is 5.32 Å². The van der Waals surface area contributed by atoms with Gasteiger partial charge < -0.3 is 19.4 Å². The maximum absolute atomic E-state index is 12.8. The quantitative estimate of drug-likeness (QED) is 0.854. The molecule has 2 amide bonds. The van der Waals surface area contributed by atoms with Gasteiger partial charge in [-0.3, -0.25) is 9.59 Å². The van der Waals surface area contributed by atoms with E-state index in [9.17, 15) is 9.59 Å². The highest BCUT2D eigenvalue weighted by Gasteiger charge is 2.31. The summed E-state index contributed by atoms with van der Waals surface area (Å²) < 4.78 is 10.8. The number of hydrogen-bond acceptors (Lipinski definition) is 5. The van der Waals surface area contributed by atoms with E-state index < -0.39 is 6.04 Å². The number of thioether (sulfide) groups is 1. The molecule has 0 saturated carbocycles. The Hall–Kier alpha value is -1.47. The molecule has 0 unspecified atom stereocenters. The summed E-state index contributed by atoms with van der Waals surface area (Å²) in [6.45, 7) is 5.01. The van der Waals surface area contributed by atoms with E-state index in [4.69, 9.17) is 9.15 Å². The summed E-state index contributed by atoms with van der Waals surface area (Å²) in [6, 6.07) is 2.70. The molecule has 2 heterocycles. The Balaban J connectivity index is 2.04. The minimum absolute atomic E-state index is 0.00433. The van der Waals surface area contributed by atoms with Crippen LogP contribution in [0.15, 0.2) is 22.8 Å². The first-order chi connectivity index (χ1) is 11.0. The lowest BCUT2D eigenvalue weighted by Crippen LogP contribution is -2.55. The number of furan rings is 1. The van der Waals surface area contributed by atoms with Crippen LogP contribution in [0.4, 0.5) is 0 Å². The van der Waals surface area contributed by atoms with E-state index in [0.29, 0.717) is 19.5 Å². The molecule has 6 nitrogen and oxygen atoms in total. The molecule has 1 aromatic rings. The van der Waals surface area contributed by atoms with Gasteiger partial charge in [0, 0.05) is 13.1 Å². The normalized spacial score (nSPS) is 22.7. The zero-order valence-electron chi connectivity index (χ0n) is 13.8. The first-order valence-corrected chi connectivity index (χ1v) is 9.18. The highest BCUT2D eigenvalue weighted by molar-refractivity contribution is 7.98. The van der Waals surface area contributed by atoms with Gasteiger partial charge in [-0.25, -0.2) is 0 Å². The van der Waals surface area contributed by atoms with E-state index in [0.717, 1.165) is 5.75 Å². The molecule has 1 fully saturated rings. The first kappa shape index (κ1) is 17.9. The number of nitrogens with zero attached hydrogens (tertiary/aromatic N) is 1. The molecule has 128 valence electrons. The van der Waals surface area contributed by atoms with Crippen molar-refractivity contribution in [1.29, 1.82) is 0 Å². The molecule has 1 aromatic heterocycles. The number of hydrogen-bond donors (Lipinski definition) is 1. The lowest BCUT2D eigenvalue weighted by atomic mass is 10.1. The van der Waals surface area contributed by atoms with Crippen LogP contribution in [0.2, 0.25) is 0 Å². The van der Waals surface area contributed by atoms with Crippen LogP contribution in [0.5, 0.6) is 0 Å². The molecule has 0 bridgehead atoms. The molecule has 7 heteroatoms. The van der Waals surface area contributed by atoms with E-state index in [1.165, 1.54) is 6.26 Å². The Bertz CT molecular complexity index is 510. The Morgan fingerprint density at radius 2 is 2.09 bits per heavy atom. The van der Waals surface area contributed by atoms with Crippen molar-refractivity contribution in [2.75, 3.05) is 25.1 Å². The van der Waals surface area contributed by atoms with Crippen LogP contribution in [0.3, 0.4) is 0 Å². The van der Waals surface area contributed by atoms with E-state index in [1.54, 1.807) is 28.8 Å². The third kappa shape index (κ3) is 5.00. The largest absolute Gasteiger partial charge is 0.459 e. The molecule has 2 rings (SSSR count). The fourth-order valence-corrected chi connectivity index (χ4v) is 3.18. The Kier molecular flexibility index (Phi) is 6.53. The Labute approximate surface area is 140 Å². The van der Waals surface area contributed by atoms with Gasteiger partial charge in [0.25, 0.3) is 5.91 Å². The monoisotopic (exact) mass is 340 g/mol. The molecule has 1 aliphatic heterocycles. The molecule has 0 radical (unpaired) electrons. The molecule has 0 aliphatic carbocycles. The topological polar surface area (TPSA) is 71.8 Å². The minimum Gasteiger partial charge on any atom is -0.459 e. The molecule has 23 heavy (non-hydrogen) atoms. The highest BCUT2D eigenvalue weighted by Crippen LogP contribution is 2.14. The maximum Gasteiger partial charge on any atom is 0.287 e. The van der Waals surface area contributed by atoms with Crippen LogP contribution in [-0.2, 0) is 9.53 Å². The van der Waals surface area contributed by atoms with E-state index in [-0.39, 0.29) is 29.8 Å². The first-order valence-electron chi connectivity index (χ1n) is 7.78. The summed E-state index contributed by atoms with van der Waals surface area (Å²) in [4.78, 5) is 26.8. The summed E-state index contributed by atoms with van der Waals surface area (Å²) in [5.74, 6) is 0.602. The Morgan fingerprint density at radius 1 is 1.39 bits per heavy atom. The van der Waals surface area contributed by atoms with Crippen LogP contribution in [0, 0.1) is 0 Å². The number of carbonyl (C=O) groups excluding carboxylic acids is 2. The van der Waals surface area contributed by atoms with Crippen molar-refractivity contribution in [2.45, 2.75) is 38.5 Å². The second kappa shape index (κ2) is 8.40. The highest BCUT2D eigenvalue weighted by atomic mass is 32.2. The predicted molar refractivity (Wildman–Crippen MR) is 89.6 cm³/mol. The number of morpholine rings is 1. The maximum atomic E-state index is 12.8. The molecular formula is C16H24N2O4S. The number of ether oxygens (including phenoxy) is 1. The fraction of sp³-hybridized carbons (Fsp3) is 0.625. The number of amides is 2. The van der Waals surface area contributed by atoms with E-state index >= 15 is 0 Å². The second-order valence-electron chi connectivity index (χ2n) is 5.79. The molecule has 3 atom stereocenters. The average molecular weight is 340 g/mol. The van der Waals surface area contributed by atoms with Gasteiger partial charge in [0.15, 0.2) is 5.76 Å². The summed E-state index contributed by atoms with van der Waals surface area (Å²) in [5.41, 5.74) is 0. The van der Waals surface area contributed by atoms with Crippen molar-refractivity contribution < 1.29 is 18.7 Å². The smallest absolute Gasteiger partial charge is 0.287 e. The van der Waals surface area contributed by atoms with Crippen molar-refractivity contribution >= 4 is 23.6 Å². The van der Waals surface area contributed by atoms with Crippen LogP contribution in [-0.4, -0.2) is 60.1 Å². The van der Waals surface area contributed by atoms with Gasteiger partial charge in [0.1, 0.15) is 6.04 Å². The summed E-state index contributed by atoms with van der Waals surface area (Å²) in [7, 11) is 0. The molecule has 0 spiro atoms. The summed E-state index contributed by atoms with van der Waals surface area (Å²) >= 11 is 1.65. The van der Waals surface area contributed by atoms with Gasteiger partial charge in [-0.05, 0) is 44.4 Å². The van der Waals surface area contributed by atoms with Gasteiger partial charge in [0.05, 0.1) is 18.5 Å². The van der Waals surface area contributed by atoms with E-state index in [1.807, 2.05) is 20.1 Å². The van der Waals surface area contributed by atoms with Gasteiger partial charge in [-0.15, -0.1) is 0 Å². The second-order valence-corrected chi connectivity index (χ2v) is 6.77. The van der Waals surface area contributed by atoms with Crippen LogP contribution >= 0.6 is 11.8 Å². The standard InChI is InChI=1S/C16H24N2O4S/c1-11-9-18(10-12(2)22-11)16(20)13(6-8-23-3)17-15(19)14-5-4-7-21-14/h4-5,7,11-13H,6,8-10H2,1-3H3,(H,17,19)/t11-,12-,13-/m0/s1. The van der Waals surface area contributed by atoms with Gasteiger partial charge in [-0.2, -0.15) is 11.8 Å². The zero-order chi connectivity index (χ0) is 16.8. The predicted octanol–water partition coefficient (Wildman–Crippen LogP) is 1.77. The number of carbonyl (C=O) groups is 2. The Morgan fingerprint density at radius 3 is 2.65 bits per heavy atom.